The molecule has 3 aromatic rings. The minimum absolute atomic E-state index is 0.00548. The lowest BCUT2D eigenvalue weighted by atomic mass is 10.1. The fraction of sp³-hybridized carbons (Fsp3) is 0.407. The number of amides is 3. The lowest BCUT2D eigenvalue weighted by Crippen LogP contribution is -2.48. The molecule has 0 saturated carbocycles. The molecule has 8 nitrogen and oxygen atoms in total. The number of hydrogen-bond donors (Lipinski definition) is 2. The quantitative estimate of drug-likeness (QED) is 0.568. The molecule has 2 aromatic carbocycles. The van der Waals surface area contributed by atoms with E-state index in [1.54, 1.807) is 23.5 Å². The van der Waals surface area contributed by atoms with E-state index in [-0.39, 0.29) is 36.2 Å². The Morgan fingerprint density at radius 1 is 1.14 bits per heavy atom. The van der Waals surface area contributed by atoms with Crippen LogP contribution in [0.2, 0.25) is 0 Å². The molecule has 2 atom stereocenters. The van der Waals surface area contributed by atoms with Crippen LogP contribution in [0.1, 0.15) is 46.6 Å². The largest absolute Gasteiger partial charge is 0.491 e. The van der Waals surface area contributed by atoms with Crippen molar-refractivity contribution in [3.8, 4) is 5.75 Å². The summed E-state index contributed by atoms with van der Waals surface area (Å²) in [4.78, 5) is 45.5. The minimum atomic E-state index is -0.200. The average Bonchev–Trinajstić information content (AvgIpc) is 3.47. The number of carbonyl (C=O) groups excluding carboxylic acids is 3. The van der Waals surface area contributed by atoms with Gasteiger partial charge in [0.25, 0.3) is 5.91 Å². The van der Waals surface area contributed by atoms with Crippen LogP contribution in [0.3, 0.4) is 0 Å². The van der Waals surface area contributed by atoms with Gasteiger partial charge in [0.1, 0.15) is 12.4 Å². The summed E-state index contributed by atoms with van der Waals surface area (Å²) in [5.74, 6) is 0.320. The molecule has 0 radical (unpaired) electrons. The molecule has 3 amide bonds. The van der Waals surface area contributed by atoms with Crippen LogP contribution in [0, 0.1) is 6.92 Å². The molecule has 1 saturated heterocycles. The number of nitrogens with zero attached hydrogens (tertiary/aromatic N) is 2. The molecule has 2 aliphatic heterocycles. The number of fused-ring (bicyclic) bond motifs is 5. The average molecular weight is 507 g/mol. The van der Waals surface area contributed by atoms with Crippen molar-refractivity contribution in [3.63, 3.8) is 0 Å². The number of hydrogen-bond acceptors (Lipinski definition) is 6. The highest BCUT2D eigenvalue weighted by atomic mass is 32.1. The van der Waals surface area contributed by atoms with Gasteiger partial charge in [-0.1, -0.05) is 18.2 Å². The molecule has 9 heteroatoms. The van der Waals surface area contributed by atoms with Crippen molar-refractivity contribution in [1.29, 1.82) is 0 Å². The van der Waals surface area contributed by atoms with Gasteiger partial charge in [0.05, 0.1) is 21.8 Å². The molecule has 1 fully saturated rings. The lowest BCUT2D eigenvalue weighted by molar-refractivity contribution is -0.135. The third kappa shape index (κ3) is 5.36. The Labute approximate surface area is 214 Å². The first kappa shape index (κ1) is 24.2. The summed E-state index contributed by atoms with van der Waals surface area (Å²) >= 11 is 1.61. The molecule has 0 spiro atoms. The van der Waals surface area contributed by atoms with Crippen molar-refractivity contribution in [1.82, 2.24) is 20.5 Å². The maximum absolute atomic E-state index is 13.4. The predicted molar refractivity (Wildman–Crippen MR) is 138 cm³/mol. The highest BCUT2D eigenvalue weighted by molar-refractivity contribution is 7.18. The van der Waals surface area contributed by atoms with Crippen LogP contribution in [0.5, 0.6) is 5.75 Å². The number of ether oxygens (including phenoxy) is 1. The van der Waals surface area contributed by atoms with E-state index < -0.39 is 0 Å². The molecule has 36 heavy (non-hydrogen) atoms. The fourth-order valence-electron chi connectivity index (χ4n) is 4.99. The van der Waals surface area contributed by atoms with Crippen LogP contribution in [0.25, 0.3) is 10.2 Å². The molecule has 188 valence electrons. The van der Waals surface area contributed by atoms with Crippen molar-refractivity contribution >= 4 is 39.3 Å². The van der Waals surface area contributed by atoms with E-state index in [0.29, 0.717) is 43.9 Å². The molecule has 5 rings (SSSR count). The highest BCUT2D eigenvalue weighted by Gasteiger charge is 2.37. The van der Waals surface area contributed by atoms with Crippen LogP contribution < -0.4 is 15.4 Å². The van der Waals surface area contributed by atoms with E-state index in [4.69, 9.17) is 4.74 Å². The maximum Gasteiger partial charge on any atom is 0.251 e. The van der Waals surface area contributed by atoms with Crippen LogP contribution in [-0.4, -0.2) is 59.4 Å². The molecule has 0 unspecified atom stereocenters. The third-order valence-electron chi connectivity index (χ3n) is 6.85. The predicted octanol–water partition coefficient (Wildman–Crippen LogP) is 3.23. The van der Waals surface area contributed by atoms with Gasteiger partial charge in [-0.25, -0.2) is 4.98 Å². The Morgan fingerprint density at radius 2 is 1.97 bits per heavy atom. The van der Waals surface area contributed by atoms with E-state index in [0.717, 1.165) is 33.6 Å². The van der Waals surface area contributed by atoms with Gasteiger partial charge in [-0.15, -0.1) is 11.3 Å². The smallest absolute Gasteiger partial charge is 0.251 e. The number of aromatic nitrogens is 1. The molecule has 2 N–H and O–H groups in total. The Bertz CT molecular complexity index is 1260. The van der Waals surface area contributed by atoms with E-state index in [2.05, 4.69) is 15.6 Å². The summed E-state index contributed by atoms with van der Waals surface area (Å²) in [5, 5.41) is 6.83. The Kier molecular flexibility index (Phi) is 7.18. The standard InChI is InChI=1S/C27H30N4O4S/c1-17-6-7-18-14-22(17)35-13-12-28-24(32)15-19-8-9-20(16-29-27(18)34)31(19)26(33)11-10-25-30-21-4-2-3-5-23(21)36-25/h2-7,14,19-20H,8-13,15-16H2,1H3,(H,28,32)(H,29,34)/t19-,20+/m0/s1. The highest BCUT2D eigenvalue weighted by Crippen LogP contribution is 2.29. The second-order valence-electron chi connectivity index (χ2n) is 9.35. The summed E-state index contributed by atoms with van der Waals surface area (Å²) < 4.78 is 6.91. The molecular weight excluding hydrogens is 476 g/mol. The topological polar surface area (TPSA) is 101 Å². The van der Waals surface area contributed by atoms with Crippen LogP contribution in [0.4, 0.5) is 0 Å². The van der Waals surface area contributed by atoms with E-state index in [1.807, 2.05) is 42.2 Å². The SMILES string of the molecule is Cc1ccc2cc1OCCNC(=O)C[C@@H]1CC[C@H](CNC2=O)N1C(=O)CCc1nc2ccccc2s1. The van der Waals surface area contributed by atoms with Crippen molar-refractivity contribution in [2.45, 2.75) is 51.1 Å². The van der Waals surface area contributed by atoms with Gasteiger partial charge in [0.15, 0.2) is 0 Å². The summed E-state index contributed by atoms with van der Waals surface area (Å²) in [6.45, 7) is 2.92. The first-order valence-electron chi connectivity index (χ1n) is 12.4. The molecule has 3 heterocycles. The molecule has 1 aromatic heterocycles. The van der Waals surface area contributed by atoms with Gasteiger partial charge in [-0.3, -0.25) is 14.4 Å². The summed E-state index contributed by atoms with van der Waals surface area (Å²) in [7, 11) is 0. The summed E-state index contributed by atoms with van der Waals surface area (Å²) in [6.07, 6.45) is 2.58. The number of nitrogens with one attached hydrogen (secondary N) is 2. The number of para-hydroxylation sites is 1. The van der Waals surface area contributed by atoms with E-state index in [1.165, 1.54) is 0 Å². The number of aryl methyl sites for hydroxylation is 2. The monoisotopic (exact) mass is 506 g/mol. The van der Waals surface area contributed by atoms with Gasteiger partial charge >= 0.3 is 0 Å². The first-order valence-corrected chi connectivity index (χ1v) is 13.2. The lowest BCUT2D eigenvalue weighted by Gasteiger charge is -2.30. The minimum Gasteiger partial charge on any atom is -0.491 e. The maximum atomic E-state index is 13.4. The van der Waals surface area contributed by atoms with Gasteiger partial charge < -0.3 is 20.3 Å². The zero-order valence-corrected chi connectivity index (χ0v) is 21.1. The van der Waals surface area contributed by atoms with Gasteiger partial charge in [-0.05, 0) is 49.6 Å². The van der Waals surface area contributed by atoms with Gasteiger partial charge in [0, 0.05) is 43.5 Å². The normalized spacial score (nSPS) is 20.8. The van der Waals surface area contributed by atoms with Crippen LogP contribution in [-0.2, 0) is 16.0 Å². The molecule has 2 aliphatic rings. The zero-order chi connectivity index (χ0) is 25.1. The Hall–Kier alpha value is -3.46. The Morgan fingerprint density at radius 3 is 2.83 bits per heavy atom. The molecular formula is C27H30N4O4S. The zero-order valence-electron chi connectivity index (χ0n) is 20.3. The molecule has 0 aliphatic carbocycles. The third-order valence-corrected chi connectivity index (χ3v) is 7.95. The summed E-state index contributed by atoms with van der Waals surface area (Å²) in [6, 6.07) is 13.0. The van der Waals surface area contributed by atoms with Crippen LogP contribution >= 0.6 is 11.3 Å². The van der Waals surface area contributed by atoms with Crippen LogP contribution in [0.15, 0.2) is 42.5 Å². The molecule has 4 bridgehead atoms. The van der Waals surface area contributed by atoms with Gasteiger partial charge in [0.2, 0.25) is 11.8 Å². The van der Waals surface area contributed by atoms with Crippen molar-refractivity contribution < 1.29 is 19.1 Å². The second kappa shape index (κ2) is 10.7. The second-order valence-corrected chi connectivity index (χ2v) is 10.5. The number of benzene rings is 2. The number of rotatable bonds is 3. The number of thiazole rings is 1. The van der Waals surface area contributed by atoms with Crippen molar-refractivity contribution in [2.24, 2.45) is 0 Å². The van der Waals surface area contributed by atoms with Crippen molar-refractivity contribution in [2.75, 3.05) is 19.7 Å². The Balaban J connectivity index is 1.32. The van der Waals surface area contributed by atoms with E-state index >= 15 is 0 Å². The van der Waals surface area contributed by atoms with E-state index in [9.17, 15) is 14.4 Å². The first-order chi connectivity index (χ1) is 17.5. The van der Waals surface area contributed by atoms with Crippen molar-refractivity contribution in [3.05, 3.63) is 58.6 Å². The fourth-order valence-corrected chi connectivity index (χ4v) is 5.95. The summed E-state index contributed by atoms with van der Waals surface area (Å²) in [5.41, 5.74) is 2.38. The van der Waals surface area contributed by atoms with Gasteiger partial charge in [-0.2, -0.15) is 0 Å². The number of carbonyl (C=O) groups is 3.